The lowest BCUT2D eigenvalue weighted by atomic mass is 10.1. The number of aryl methyl sites for hydroxylation is 1. The standard InChI is InChI=1S/C22H19N5O2/c1-29-19-5-3-2-4-17(19)21-22(27-11-10-23-13-20(27)25-21)24-15-7-8-16-14(12-15)6-9-18(16)26-28/h2-5,7-8,10-13,24,28H,6,9H2,1H3/b26-18+. The SMILES string of the molecule is COc1ccccc1-c1nc2cnccn2c1Nc1ccc2c(c1)CC/C2=N\O. The molecule has 7 heteroatoms. The van der Waals surface area contributed by atoms with Gasteiger partial charge in [0.05, 0.1) is 19.0 Å². The number of benzene rings is 2. The molecular weight excluding hydrogens is 366 g/mol. The zero-order chi connectivity index (χ0) is 19.8. The van der Waals surface area contributed by atoms with E-state index in [1.54, 1.807) is 19.5 Å². The molecule has 144 valence electrons. The van der Waals surface area contributed by atoms with Crippen molar-refractivity contribution >= 4 is 22.9 Å². The van der Waals surface area contributed by atoms with Gasteiger partial charge in [-0.15, -0.1) is 0 Å². The van der Waals surface area contributed by atoms with E-state index in [0.29, 0.717) is 0 Å². The molecule has 2 aromatic carbocycles. The molecule has 1 aliphatic carbocycles. The highest BCUT2D eigenvalue weighted by molar-refractivity contribution is 6.04. The van der Waals surface area contributed by atoms with Crippen molar-refractivity contribution in [3.05, 3.63) is 72.2 Å². The van der Waals surface area contributed by atoms with Crippen LogP contribution in [0.1, 0.15) is 17.5 Å². The van der Waals surface area contributed by atoms with Crippen LogP contribution < -0.4 is 10.1 Å². The molecule has 2 heterocycles. The van der Waals surface area contributed by atoms with Crippen LogP contribution in [0.3, 0.4) is 0 Å². The van der Waals surface area contributed by atoms with Crippen molar-refractivity contribution in [1.82, 2.24) is 14.4 Å². The molecule has 0 amide bonds. The molecule has 0 unspecified atom stereocenters. The summed E-state index contributed by atoms with van der Waals surface area (Å²) in [7, 11) is 1.66. The number of anilines is 2. The molecule has 0 bridgehead atoms. The van der Waals surface area contributed by atoms with E-state index in [-0.39, 0.29) is 0 Å². The van der Waals surface area contributed by atoms with Crippen LogP contribution in [0.4, 0.5) is 11.5 Å². The zero-order valence-corrected chi connectivity index (χ0v) is 15.8. The van der Waals surface area contributed by atoms with E-state index in [1.807, 2.05) is 47.0 Å². The van der Waals surface area contributed by atoms with Gasteiger partial charge in [-0.2, -0.15) is 0 Å². The van der Waals surface area contributed by atoms with Gasteiger partial charge in [0.2, 0.25) is 0 Å². The predicted molar refractivity (Wildman–Crippen MR) is 111 cm³/mol. The van der Waals surface area contributed by atoms with E-state index in [2.05, 4.69) is 21.5 Å². The highest BCUT2D eigenvalue weighted by Gasteiger charge is 2.21. The molecular formula is C22H19N5O2. The van der Waals surface area contributed by atoms with Crippen LogP contribution >= 0.6 is 0 Å². The van der Waals surface area contributed by atoms with Crippen molar-refractivity contribution in [2.24, 2.45) is 5.16 Å². The van der Waals surface area contributed by atoms with Crippen molar-refractivity contribution in [2.45, 2.75) is 12.8 Å². The Bertz CT molecular complexity index is 1250. The number of oxime groups is 1. The summed E-state index contributed by atoms with van der Waals surface area (Å²) >= 11 is 0. The summed E-state index contributed by atoms with van der Waals surface area (Å²) in [4.78, 5) is 8.99. The first-order chi connectivity index (χ1) is 14.3. The number of hydrogen-bond acceptors (Lipinski definition) is 6. The van der Waals surface area contributed by atoms with E-state index in [0.717, 1.165) is 63.8 Å². The van der Waals surface area contributed by atoms with E-state index in [1.165, 1.54) is 0 Å². The highest BCUT2D eigenvalue weighted by atomic mass is 16.5. The lowest BCUT2D eigenvalue weighted by Gasteiger charge is -2.12. The number of fused-ring (bicyclic) bond motifs is 2. The molecule has 4 aromatic rings. The Hall–Kier alpha value is -3.87. The van der Waals surface area contributed by atoms with Gasteiger partial charge in [0.25, 0.3) is 0 Å². The molecule has 0 saturated carbocycles. The van der Waals surface area contributed by atoms with E-state index >= 15 is 0 Å². The Morgan fingerprint density at radius 2 is 2.03 bits per heavy atom. The van der Waals surface area contributed by atoms with Crippen LogP contribution in [-0.2, 0) is 6.42 Å². The zero-order valence-electron chi connectivity index (χ0n) is 15.8. The summed E-state index contributed by atoms with van der Waals surface area (Å²) in [5.41, 5.74) is 6.28. The molecule has 5 rings (SSSR count). The summed E-state index contributed by atoms with van der Waals surface area (Å²) < 4.78 is 7.53. The average Bonchev–Trinajstić information content (AvgIpc) is 3.35. The quantitative estimate of drug-likeness (QED) is 0.405. The van der Waals surface area contributed by atoms with Crippen LogP contribution in [0.5, 0.6) is 5.75 Å². The smallest absolute Gasteiger partial charge is 0.157 e. The number of aromatic nitrogens is 3. The minimum atomic E-state index is 0.738. The summed E-state index contributed by atoms with van der Waals surface area (Å²) in [6.07, 6.45) is 6.96. The van der Waals surface area contributed by atoms with Gasteiger partial charge in [-0.25, -0.2) is 4.98 Å². The maximum absolute atomic E-state index is 9.16. The Labute approximate surface area is 167 Å². The second-order valence-corrected chi connectivity index (χ2v) is 6.86. The second kappa shape index (κ2) is 6.94. The summed E-state index contributed by atoms with van der Waals surface area (Å²) in [6.45, 7) is 0. The Morgan fingerprint density at radius 3 is 2.90 bits per heavy atom. The minimum absolute atomic E-state index is 0.738. The van der Waals surface area contributed by atoms with Gasteiger partial charge in [-0.3, -0.25) is 9.38 Å². The molecule has 2 aromatic heterocycles. The van der Waals surface area contributed by atoms with Crippen LogP contribution in [0.2, 0.25) is 0 Å². The fourth-order valence-corrected chi connectivity index (χ4v) is 3.84. The van der Waals surface area contributed by atoms with Gasteiger partial charge in [0.15, 0.2) is 5.65 Å². The molecule has 7 nitrogen and oxygen atoms in total. The molecule has 0 saturated heterocycles. The Morgan fingerprint density at radius 1 is 1.14 bits per heavy atom. The van der Waals surface area contributed by atoms with Gasteiger partial charge >= 0.3 is 0 Å². The monoisotopic (exact) mass is 385 g/mol. The Balaban J connectivity index is 1.64. The first-order valence-electron chi connectivity index (χ1n) is 9.35. The first-order valence-corrected chi connectivity index (χ1v) is 9.35. The number of para-hydroxylation sites is 1. The second-order valence-electron chi connectivity index (χ2n) is 6.86. The molecule has 1 aliphatic rings. The topological polar surface area (TPSA) is 84.0 Å². The number of ether oxygens (including phenoxy) is 1. The molecule has 0 radical (unpaired) electrons. The van der Waals surface area contributed by atoms with E-state index in [4.69, 9.17) is 14.9 Å². The third-order valence-electron chi connectivity index (χ3n) is 5.22. The van der Waals surface area contributed by atoms with Gasteiger partial charge in [-0.05, 0) is 42.7 Å². The number of nitrogens with one attached hydrogen (secondary N) is 1. The molecule has 0 spiro atoms. The molecule has 0 atom stereocenters. The van der Waals surface area contributed by atoms with Crippen molar-refractivity contribution in [3.8, 4) is 17.0 Å². The van der Waals surface area contributed by atoms with Gasteiger partial charge < -0.3 is 15.3 Å². The summed E-state index contributed by atoms with van der Waals surface area (Å²) in [5.74, 6) is 1.59. The van der Waals surface area contributed by atoms with Crippen LogP contribution in [0, 0.1) is 0 Å². The van der Waals surface area contributed by atoms with Crippen molar-refractivity contribution < 1.29 is 9.94 Å². The van der Waals surface area contributed by atoms with Crippen LogP contribution in [0.25, 0.3) is 16.9 Å². The predicted octanol–water partition coefficient (Wildman–Crippen LogP) is 4.27. The van der Waals surface area contributed by atoms with Crippen molar-refractivity contribution in [3.63, 3.8) is 0 Å². The number of methoxy groups -OCH3 is 1. The summed E-state index contributed by atoms with van der Waals surface area (Å²) in [5, 5.41) is 16.1. The third kappa shape index (κ3) is 2.87. The van der Waals surface area contributed by atoms with Crippen LogP contribution in [0.15, 0.2) is 66.2 Å². The van der Waals surface area contributed by atoms with Gasteiger partial charge in [-0.1, -0.05) is 23.4 Å². The lowest BCUT2D eigenvalue weighted by molar-refractivity contribution is 0.318. The highest BCUT2D eigenvalue weighted by Crippen LogP contribution is 2.37. The average molecular weight is 385 g/mol. The van der Waals surface area contributed by atoms with Crippen molar-refractivity contribution in [2.75, 3.05) is 12.4 Å². The molecule has 0 fully saturated rings. The minimum Gasteiger partial charge on any atom is -0.496 e. The van der Waals surface area contributed by atoms with E-state index in [9.17, 15) is 0 Å². The molecule has 29 heavy (non-hydrogen) atoms. The molecule has 2 N–H and O–H groups in total. The molecule has 0 aliphatic heterocycles. The summed E-state index contributed by atoms with van der Waals surface area (Å²) in [6, 6.07) is 13.9. The largest absolute Gasteiger partial charge is 0.496 e. The number of nitrogens with zero attached hydrogens (tertiary/aromatic N) is 4. The van der Waals surface area contributed by atoms with E-state index < -0.39 is 0 Å². The van der Waals surface area contributed by atoms with Gasteiger partial charge in [0, 0.05) is 29.2 Å². The number of hydrogen-bond donors (Lipinski definition) is 2. The maximum Gasteiger partial charge on any atom is 0.157 e. The normalized spacial score (nSPS) is 14.3. The fourth-order valence-electron chi connectivity index (χ4n) is 3.84. The fraction of sp³-hybridized carbons (Fsp3) is 0.136. The lowest BCUT2D eigenvalue weighted by Crippen LogP contribution is -1.99. The van der Waals surface area contributed by atoms with Crippen LogP contribution in [-0.4, -0.2) is 32.4 Å². The van der Waals surface area contributed by atoms with Gasteiger partial charge in [0.1, 0.15) is 17.3 Å². The number of imidazole rings is 1. The maximum atomic E-state index is 9.16. The number of rotatable bonds is 4. The van der Waals surface area contributed by atoms with Crippen molar-refractivity contribution in [1.29, 1.82) is 0 Å². The Kier molecular flexibility index (Phi) is 4.13. The third-order valence-corrected chi connectivity index (χ3v) is 5.22. The first kappa shape index (κ1) is 17.2.